The SMILES string of the molecule is CC/C=C\C/C=C\C/C=C\C/C=C\CCCCCCC(=O)OC(COC(=O)CCCCCCCCCCCCCC)COC(=O)CCCCCCCCCCCCCCCCCCCCCCC/C=C\C/C=C\CCCCCCC. The normalized spacial score (nSPS) is 12.5. The molecule has 464 valence electrons. The topological polar surface area (TPSA) is 78.9 Å². The Hall–Kier alpha value is -3.15. The van der Waals surface area contributed by atoms with Crippen molar-refractivity contribution in [3.05, 3.63) is 72.9 Å². The highest BCUT2D eigenvalue weighted by atomic mass is 16.6. The van der Waals surface area contributed by atoms with Gasteiger partial charge < -0.3 is 14.2 Å². The Kier molecular flexibility index (Phi) is 65.7. The van der Waals surface area contributed by atoms with Gasteiger partial charge in [0.2, 0.25) is 0 Å². The molecule has 1 atom stereocenters. The van der Waals surface area contributed by atoms with Gasteiger partial charge in [-0.05, 0) is 89.9 Å². The van der Waals surface area contributed by atoms with Crippen LogP contribution in [0.3, 0.4) is 0 Å². The van der Waals surface area contributed by atoms with E-state index in [4.69, 9.17) is 14.2 Å². The van der Waals surface area contributed by atoms with Gasteiger partial charge in [-0.1, -0.05) is 325 Å². The van der Waals surface area contributed by atoms with E-state index in [2.05, 4.69) is 93.7 Å². The maximum absolute atomic E-state index is 12.9. The zero-order valence-corrected chi connectivity index (χ0v) is 53.3. The van der Waals surface area contributed by atoms with Gasteiger partial charge in [-0.3, -0.25) is 14.4 Å². The van der Waals surface area contributed by atoms with Crippen LogP contribution < -0.4 is 0 Å². The minimum atomic E-state index is -0.786. The van der Waals surface area contributed by atoms with Gasteiger partial charge in [-0.2, -0.15) is 0 Å². The number of rotatable bonds is 64. The second-order valence-corrected chi connectivity index (χ2v) is 23.4. The zero-order chi connectivity index (χ0) is 57.8. The monoisotopic (exact) mass is 1120 g/mol. The Morgan fingerprint density at radius 2 is 0.487 bits per heavy atom. The summed E-state index contributed by atoms with van der Waals surface area (Å²) in [6.45, 7) is 6.54. The molecule has 0 aliphatic carbocycles. The molecular formula is C74H132O6. The lowest BCUT2D eigenvalue weighted by Crippen LogP contribution is -2.30. The average Bonchev–Trinajstić information content (AvgIpc) is 3.46. The molecule has 0 amide bonds. The molecule has 80 heavy (non-hydrogen) atoms. The summed E-state index contributed by atoms with van der Waals surface area (Å²) in [7, 11) is 0. The Bertz CT molecular complexity index is 1470. The Balaban J connectivity index is 4.13. The van der Waals surface area contributed by atoms with Gasteiger partial charge in [-0.15, -0.1) is 0 Å². The van der Waals surface area contributed by atoms with E-state index in [1.807, 2.05) is 0 Å². The van der Waals surface area contributed by atoms with Crippen LogP contribution in [-0.2, 0) is 28.6 Å². The molecule has 6 nitrogen and oxygen atoms in total. The first-order valence-corrected chi connectivity index (χ1v) is 34.9. The predicted molar refractivity (Wildman–Crippen MR) is 348 cm³/mol. The number of hydrogen-bond donors (Lipinski definition) is 0. The van der Waals surface area contributed by atoms with Gasteiger partial charge in [0.05, 0.1) is 0 Å². The number of hydrogen-bond acceptors (Lipinski definition) is 6. The van der Waals surface area contributed by atoms with Gasteiger partial charge in [-0.25, -0.2) is 0 Å². The third-order valence-corrected chi connectivity index (χ3v) is 15.4. The minimum Gasteiger partial charge on any atom is -0.462 e. The van der Waals surface area contributed by atoms with Crippen molar-refractivity contribution in [2.45, 2.75) is 367 Å². The number of esters is 3. The van der Waals surface area contributed by atoms with E-state index in [0.717, 1.165) is 103 Å². The van der Waals surface area contributed by atoms with Gasteiger partial charge in [0.1, 0.15) is 13.2 Å². The van der Waals surface area contributed by atoms with Crippen LogP contribution in [0.25, 0.3) is 0 Å². The number of ether oxygens (including phenoxy) is 3. The smallest absolute Gasteiger partial charge is 0.306 e. The van der Waals surface area contributed by atoms with E-state index in [0.29, 0.717) is 19.3 Å². The fourth-order valence-corrected chi connectivity index (χ4v) is 10.2. The fourth-order valence-electron chi connectivity index (χ4n) is 10.2. The highest BCUT2D eigenvalue weighted by Gasteiger charge is 2.19. The summed E-state index contributed by atoms with van der Waals surface area (Å²) in [6.07, 6.45) is 89.4. The second kappa shape index (κ2) is 68.3. The molecule has 6 heteroatoms. The fraction of sp³-hybridized carbons (Fsp3) is 0.797. The number of unbranched alkanes of at least 4 members (excludes halogenated alkanes) is 41. The van der Waals surface area contributed by atoms with Crippen LogP contribution in [0.4, 0.5) is 0 Å². The van der Waals surface area contributed by atoms with E-state index in [1.165, 1.54) is 218 Å². The van der Waals surface area contributed by atoms with Crippen molar-refractivity contribution in [2.24, 2.45) is 0 Å². The quantitative estimate of drug-likeness (QED) is 0.0261. The van der Waals surface area contributed by atoms with Crippen molar-refractivity contribution in [1.82, 2.24) is 0 Å². The summed E-state index contributed by atoms with van der Waals surface area (Å²) in [5, 5.41) is 0. The summed E-state index contributed by atoms with van der Waals surface area (Å²) in [6, 6.07) is 0. The van der Waals surface area contributed by atoms with Crippen LogP contribution in [0.2, 0.25) is 0 Å². The highest BCUT2D eigenvalue weighted by Crippen LogP contribution is 2.18. The van der Waals surface area contributed by atoms with E-state index >= 15 is 0 Å². The first-order chi connectivity index (χ1) is 39.5. The summed E-state index contributed by atoms with van der Waals surface area (Å²) >= 11 is 0. The van der Waals surface area contributed by atoms with Gasteiger partial charge in [0.15, 0.2) is 6.10 Å². The molecule has 0 saturated carbocycles. The first-order valence-electron chi connectivity index (χ1n) is 34.9. The standard InChI is InChI=1S/C74H132O6/c1-4-7-10-13-16-19-22-25-27-29-30-31-32-33-34-35-36-37-38-39-40-41-42-43-44-46-47-49-52-55-58-61-64-67-73(76)79-70-71(69-78-72(75)66-63-60-57-54-51-24-21-18-15-12-9-6-3)80-74(77)68-65-62-59-56-53-50-48-45-28-26-23-20-17-14-11-8-5-2/h8,11,17,20,22,25-26,28-30,48,50,71H,4-7,9-10,12-16,18-19,21,23-24,27,31-47,49,51-70H2,1-3H3/b11-8-,20-17-,25-22-,28-26-,30-29-,50-48-. The predicted octanol–water partition coefficient (Wildman–Crippen LogP) is 24.1. The molecule has 0 aliphatic heterocycles. The zero-order valence-electron chi connectivity index (χ0n) is 53.3. The molecule has 1 unspecified atom stereocenters. The van der Waals surface area contributed by atoms with Gasteiger partial charge >= 0.3 is 17.9 Å². The third kappa shape index (κ3) is 65.7. The molecule has 0 radical (unpaired) electrons. The van der Waals surface area contributed by atoms with Crippen LogP contribution in [0.1, 0.15) is 361 Å². The first kappa shape index (κ1) is 76.9. The maximum atomic E-state index is 12.9. The van der Waals surface area contributed by atoms with Crippen molar-refractivity contribution in [3.63, 3.8) is 0 Å². The number of carbonyl (C=O) groups is 3. The summed E-state index contributed by atoms with van der Waals surface area (Å²) in [5.74, 6) is -0.886. The van der Waals surface area contributed by atoms with Crippen molar-refractivity contribution >= 4 is 17.9 Å². The van der Waals surface area contributed by atoms with Crippen molar-refractivity contribution in [3.8, 4) is 0 Å². The van der Waals surface area contributed by atoms with Crippen molar-refractivity contribution < 1.29 is 28.6 Å². The summed E-state index contributed by atoms with van der Waals surface area (Å²) in [4.78, 5) is 38.3. The maximum Gasteiger partial charge on any atom is 0.306 e. The number of allylic oxidation sites excluding steroid dienone is 12. The van der Waals surface area contributed by atoms with E-state index in [-0.39, 0.29) is 31.1 Å². The molecule has 0 N–H and O–H groups in total. The molecule has 0 aromatic heterocycles. The van der Waals surface area contributed by atoms with Crippen LogP contribution in [0, 0.1) is 0 Å². The van der Waals surface area contributed by atoms with Crippen LogP contribution in [-0.4, -0.2) is 37.2 Å². The lowest BCUT2D eigenvalue weighted by molar-refractivity contribution is -0.167. The van der Waals surface area contributed by atoms with Crippen LogP contribution in [0.5, 0.6) is 0 Å². The lowest BCUT2D eigenvalue weighted by atomic mass is 10.0. The van der Waals surface area contributed by atoms with Crippen LogP contribution in [0.15, 0.2) is 72.9 Å². The van der Waals surface area contributed by atoms with E-state index in [9.17, 15) is 14.4 Å². The van der Waals surface area contributed by atoms with Crippen molar-refractivity contribution in [2.75, 3.05) is 13.2 Å². The van der Waals surface area contributed by atoms with Gasteiger partial charge in [0, 0.05) is 19.3 Å². The lowest BCUT2D eigenvalue weighted by Gasteiger charge is -2.18. The molecule has 0 rings (SSSR count). The molecule has 0 aromatic rings. The Morgan fingerprint density at radius 1 is 0.263 bits per heavy atom. The Morgan fingerprint density at radius 3 is 0.762 bits per heavy atom. The molecule has 0 heterocycles. The van der Waals surface area contributed by atoms with Crippen molar-refractivity contribution in [1.29, 1.82) is 0 Å². The molecule has 0 fully saturated rings. The van der Waals surface area contributed by atoms with E-state index in [1.54, 1.807) is 0 Å². The highest BCUT2D eigenvalue weighted by molar-refractivity contribution is 5.71. The minimum absolute atomic E-state index is 0.0808. The van der Waals surface area contributed by atoms with Gasteiger partial charge in [0.25, 0.3) is 0 Å². The summed E-state index contributed by atoms with van der Waals surface area (Å²) < 4.78 is 16.9. The molecular weight excluding hydrogens is 985 g/mol. The second-order valence-electron chi connectivity index (χ2n) is 23.4. The van der Waals surface area contributed by atoms with Crippen LogP contribution >= 0.6 is 0 Å². The molecule has 0 bridgehead atoms. The average molecular weight is 1120 g/mol. The molecule has 0 aliphatic rings. The third-order valence-electron chi connectivity index (χ3n) is 15.4. The summed E-state index contributed by atoms with van der Waals surface area (Å²) in [5.41, 5.74) is 0. The molecule has 0 saturated heterocycles. The van der Waals surface area contributed by atoms with E-state index < -0.39 is 6.10 Å². The molecule has 0 aromatic carbocycles. The molecule has 0 spiro atoms. The Labute approximate surface area is 497 Å². The largest absolute Gasteiger partial charge is 0.462 e. The number of carbonyl (C=O) groups excluding carboxylic acids is 3.